The van der Waals surface area contributed by atoms with Gasteiger partial charge < -0.3 is 10.1 Å². The van der Waals surface area contributed by atoms with E-state index < -0.39 is 0 Å². The third kappa shape index (κ3) is 1.29. The number of aromatic nitrogens is 1. The third-order valence-corrected chi connectivity index (χ3v) is 5.14. The van der Waals surface area contributed by atoms with Crippen molar-refractivity contribution in [1.29, 1.82) is 0 Å². The standard InChI is InChI=1S/C12H12N2O3S/c15-10(14-12-13-1-2-18-12)8-5-3-6-7(4-5)17-11(16)9(6)8/h1-2,5-9H,3-4H2,(H,13,14,15)/t5-,6+,7+,8-,9-/m1/s1. The molecule has 3 fully saturated rings. The van der Waals surface area contributed by atoms with Crippen LogP contribution in [0.15, 0.2) is 11.6 Å². The monoisotopic (exact) mass is 264 g/mol. The van der Waals surface area contributed by atoms with E-state index in [1.807, 2.05) is 5.38 Å². The van der Waals surface area contributed by atoms with Gasteiger partial charge >= 0.3 is 5.97 Å². The molecule has 5 nitrogen and oxygen atoms in total. The lowest BCUT2D eigenvalue weighted by molar-refractivity contribution is -0.145. The average molecular weight is 264 g/mol. The van der Waals surface area contributed by atoms with Gasteiger partial charge in [0.05, 0.1) is 11.8 Å². The molecule has 1 N–H and O–H groups in total. The topological polar surface area (TPSA) is 68.3 Å². The predicted molar refractivity (Wildman–Crippen MR) is 63.8 cm³/mol. The van der Waals surface area contributed by atoms with Crippen LogP contribution in [0.4, 0.5) is 5.13 Å². The summed E-state index contributed by atoms with van der Waals surface area (Å²) < 4.78 is 5.32. The fraction of sp³-hybridized carbons (Fsp3) is 0.583. The number of hydrogen-bond donors (Lipinski definition) is 1. The van der Waals surface area contributed by atoms with Gasteiger partial charge in [-0.1, -0.05) is 0 Å². The molecule has 0 unspecified atom stereocenters. The maximum absolute atomic E-state index is 12.3. The summed E-state index contributed by atoms with van der Waals surface area (Å²) in [5.41, 5.74) is 0. The number of nitrogens with one attached hydrogen (secondary N) is 1. The van der Waals surface area contributed by atoms with Crippen LogP contribution in [0.25, 0.3) is 0 Å². The van der Waals surface area contributed by atoms with Gasteiger partial charge in [-0.15, -0.1) is 11.3 Å². The first-order valence-electron chi connectivity index (χ1n) is 6.15. The summed E-state index contributed by atoms with van der Waals surface area (Å²) in [7, 11) is 0. The number of hydrogen-bond acceptors (Lipinski definition) is 5. The number of rotatable bonds is 2. The Morgan fingerprint density at radius 2 is 2.39 bits per heavy atom. The van der Waals surface area contributed by atoms with Gasteiger partial charge in [0, 0.05) is 17.5 Å². The van der Waals surface area contributed by atoms with Gasteiger partial charge in [-0.3, -0.25) is 9.59 Å². The molecule has 1 amide bonds. The van der Waals surface area contributed by atoms with Crippen LogP contribution in [-0.2, 0) is 14.3 Å². The number of esters is 1. The van der Waals surface area contributed by atoms with E-state index >= 15 is 0 Å². The van der Waals surface area contributed by atoms with E-state index in [-0.39, 0.29) is 35.7 Å². The molecule has 4 rings (SSSR count). The molecule has 5 atom stereocenters. The molecule has 6 heteroatoms. The van der Waals surface area contributed by atoms with Gasteiger partial charge in [-0.2, -0.15) is 0 Å². The zero-order valence-corrected chi connectivity index (χ0v) is 10.4. The second-order valence-electron chi connectivity index (χ2n) is 5.25. The van der Waals surface area contributed by atoms with E-state index in [0.717, 1.165) is 12.8 Å². The van der Waals surface area contributed by atoms with Crippen LogP contribution in [0.5, 0.6) is 0 Å². The summed E-state index contributed by atoms with van der Waals surface area (Å²) in [5, 5.41) is 5.23. The van der Waals surface area contributed by atoms with E-state index in [9.17, 15) is 9.59 Å². The minimum atomic E-state index is -0.217. The Bertz CT molecular complexity index is 513. The smallest absolute Gasteiger partial charge is 0.310 e. The molecule has 1 aromatic heterocycles. The first-order chi connectivity index (χ1) is 8.74. The number of fused-ring (bicyclic) bond motifs is 1. The lowest BCUT2D eigenvalue weighted by Crippen LogP contribution is -2.35. The predicted octanol–water partition coefficient (Wildman–Crippen LogP) is 1.28. The molecule has 1 aliphatic heterocycles. The summed E-state index contributed by atoms with van der Waals surface area (Å²) in [5.74, 6) is -0.103. The maximum Gasteiger partial charge on any atom is 0.310 e. The molecular formula is C12H12N2O3S. The van der Waals surface area contributed by atoms with Crippen LogP contribution in [-0.4, -0.2) is 23.0 Å². The summed E-state index contributed by atoms with van der Waals surface area (Å²) in [6.07, 6.45) is 3.54. The average Bonchev–Trinajstić information content (AvgIpc) is 3.02. The quantitative estimate of drug-likeness (QED) is 0.817. The molecule has 0 aromatic carbocycles. The summed E-state index contributed by atoms with van der Waals surface area (Å²) >= 11 is 1.39. The van der Waals surface area contributed by atoms with Crippen molar-refractivity contribution < 1.29 is 14.3 Å². The minimum Gasteiger partial charge on any atom is -0.462 e. The second kappa shape index (κ2) is 3.54. The molecule has 3 aliphatic rings. The fourth-order valence-corrected chi connectivity index (χ4v) is 4.37. The first kappa shape index (κ1) is 10.5. The van der Waals surface area contributed by atoms with E-state index in [1.54, 1.807) is 6.20 Å². The van der Waals surface area contributed by atoms with Crippen LogP contribution >= 0.6 is 11.3 Å². The molecule has 0 radical (unpaired) electrons. The first-order valence-corrected chi connectivity index (χ1v) is 7.03. The number of thiazole rings is 1. The number of carbonyl (C=O) groups is 2. The largest absolute Gasteiger partial charge is 0.462 e. The van der Waals surface area contributed by atoms with Crippen molar-refractivity contribution in [1.82, 2.24) is 4.98 Å². The van der Waals surface area contributed by atoms with Crippen molar-refractivity contribution in [3.8, 4) is 0 Å². The summed E-state index contributed by atoms with van der Waals surface area (Å²) in [6, 6.07) is 0. The molecular weight excluding hydrogens is 252 g/mol. The zero-order chi connectivity index (χ0) is 12.3. The van der Waals surface area contributed by atoms with E-state index in [4.69, 9.17) is 4.74 Å². The lowest BCUT2D eigenvalue weighted by atomic mass is 9.79. The van der Waals surface area contributed by atoms with Gasteiger partial charge in [-0.25, -0.2) is 4.98 Å². The van der Waals surface area contributed by atoms with Crippen LogP contribution in [0, 0.1) is 23.7 Å². The SMILES string of the molecule is O=C(Nc1nccs1)[C@@H]1[C@@H]2C[C@@H]3[C@H]1C(=O)O[C@H]3C2. The van der Waals surface area contributed by atoms with Crippen molar-refractivity contribution in [2.45, 2.75) is 18.9 Å². The molecule has 2 bridgehead atoms. The van der Waals surface area contributed by atoms with Crippen LogP contribution in [0.1, 0.15) is 12.8 Å². The van der Waals surface area contributed by atoms with Crippen molar-refractivity contribution in [3.63, 3.8) is 0 Å². The Balaban J connectivity index is 1.58. The summed E-state index contributed by atoms with van der Waals surface area (Å²) in [4.78, 5) is 28.1. The molecule has 2 saturated carbocycles. The lowest BCUT2D eigenvalue weighted by Gasteiger charge is -2.22. The van der Waals surface area contributed by atoms with Crippen LogP contribution in [0.3, 0.4) is 0 Å². The number of nitrogens with zero attached hydrogens (tertiary/aromatic N) is 1. The molecule has 2 aliphatic carbocycles. The molecule has 1 aromatic rings. The normalized spacial score (nSPS) is 40.0. The van der Waals surface area contributed by atoms with Gasteiger partial charge in [0.2, 0.25) is 5.91 Å². The van der Waals surface area contributed by atoms with Gasteiger partial charge in [0.1, 0.15) is 6.10 Å². The van der Waals surface area contributed by atoms with Crippen molar-refractivity contribution in [3.05, 3.63) is 11.6 Å². The van der Waals surface area contributed by atoms with E-state index in [2.05, 4.69) is 10.3 Å². The van der Waals surface area contributed by atoms with Crippen molar-refractivity contribution >= 4 is 28.3 Å². The fourth-order valence-electron chi connectivity index (χ4n) is 3.84. The van der Waals surface area contributed by atoms with Gasteiger partial charge in [0.15, 0.2) is 5.13 Å². The Kier molecular flexibility index (Phi) is 2.06. The van der Waals surface area contributed by atoms with Crippen molar-refractivity contribution in [2.75, 3.05) is 5.32 Å². The van der Waals surface area contributed by atoms with E-state index in [1.165, 1.54) is 11.3 Å². The Labute approximate surface area is 108 Å². The van der Waals surface area contributed by atoms with Gasteiger partial charge in [0.25, 0.3) is 0 Å². The second-order valence-corrected chi connectivity index (χ2v) is 6.14. The van der Waals surface area contributed by atoms with E-state index in [0.29, 0.717) is 11.0 Å². The number of amides is 1. The Morgan fingerprint density at radius 3 is 3.17 bits per heavy atom. The highest BCUT2D eigenvalue weighted by Crippen LogP contribution is 2.57. The Hall–Kier alpha value is -1.43. The molecule has 2 heterocycles. The highest BCUT2D eigenvalue weighted by molar-refractivity contribution is 7.13. The molecule has 0 spiro atoms. The van der Waals surface area contributed by atoms with Crippen LogP contribution in [0.2, 0.25) is 0 Å². The maximum atomic E-state index is 12.3. The highest BCUT2D eigenvalue weighted by Gasteiger charge is 2.63. The van der Waals surface area contributed by atoms with Gasteiger partial charge in [-0.05, 0) is 18.8 Å². The Morgan fingerprint density at radius 1 is 1.50 bits per heavy atom. The highest BCUT2D eigenvalue weighted by atomic mass is 32.1. The number of carbonyl (C=O) groups excluding carboxylic acids is 2. The molecule has 1 saturated heterocycles. The zero-order valence-electron chi connectivity index (χ0n) is 9.54. The number of ether oxygens (including phenoxy) is 1. The minimum absolute atomic E-state index is 0.0697. The third-order valence-electron chi connectivity index (χ3n) is 4.45. The van der Waals surface area contributed by atoms with Crippen molar-refractivity contribution in [2.24, 2.45) is 23.7 Å². The summed E-state index contributed by atoms with van der Waals surface area (Å²) in [6.45, 7) is 0. The van der Waals surface area contributed by atoms with Crippen LogP contribution < -0.4 is 5.32 Å². The number of anilines is 1. The molecule has 18 heavy (non-hydrogen) atoms. The molecule has 94 valence electrons.